The van der Waals surface area contributed by atoms with Gasteiger partial charge < -0.3 is 0 Å². The van der Waals surface area contributed by atoms with E-state index in [9.17, 15) is 8.78 Å². The van der Waals surface area contributed by atoms with Crippen molar-refractivity contribution >= 4 is 15.9 Å². The van der Waals surface area contributed by atoms with E-state index in [0.29, 0.717) is 10.2 Å². The van der Waals surface area contributed by atoms with Crippen molar-refractivity contribution in [1.29, 1.82) is 0 Å². The summed E-state index contributed by atoms with van der Waals surface area (Å²) < 4.78 is 27.6. The summed E-state index contributed by atoms with van der Waals surface area (Å²) >= 11 is 3.30. The van der Waals surface area contributed by atoms with Crippen molar-refractivity contribution in [2.75, 3.05) is 0 Å². The van der Waals surface area contributed by atoms with Crippen molar-refractivity contribution in [3.63, 3.8) is 0 Å². The number of nitrogens with two attached hydrogens (primary N) is 1. The molecule has 0 radical (unpaired) electrons. The van der Waals surface area contributed by atoms with Crippen LogP contribution in [0.25, 0.3) is 0 Å². The number of aromatic nitrogens is 1. The molecule has 2 rings (SSSR count). The van der Waals surface area contributed by atoms with E-state index in [1.54, 1.807) is 18.3 Å². The molecule has 2 aromatic rings. The zero-order valence-electron chi connectivity index (χ0n) is 9.20. The van der Waals surface area contributed by atoms with Crippen LogP contribution >= 0.6 is 15.9 Å². The van der Waals surface area contributed by atoms with Gasteiger partial charge in [0.05, 0.1) is 11.7 Å². The molecule has 0 aliphatic heterocycles. The number of hydrogen-bond donors (Lipinski definition) is 2. The lowest BCUT2D eigenvalue weighted by molar-refractivity contribution is 0.480. The molecule has 0 bridgehead atoms. The average Bonchev–Trinajstić information content (AvgIpc) is 2.37. The Balaban J connectivity index is 2.53. The van der Waals surface area contributed by atoms with Crippen LogP contribution in [0.1, 0.15) is 17.3 Å². The molecule has 3 N–H and O–H groups in total. The first-order valence-electron chi connectivity index (χ1n) is 5.15. The second-order valence-electron chi connectivity index (χ2n) is 3.61. The molecular formula is C12H10BrF2N3. The van der Waals surface area contributed by atoms with Crippen LogP contribution in [0, 0.1) is 11.6 Å². The summed E-state index contributed by atoms with van der Waals surface area (Å²) in [7, 11) is 0. The standard InChI is InChI=1S/C12H10BrF2N3/c13-8-4-2-6-17-12(8)11(18-16)7-3-1-5-9(14)10(7)15/h1-6,11,18H,16H2. The summed E-state index contributed by atoms with van der Waals surface area (Å²) in [5.74, 6) is 3.58. The van der Waals surface area contributed by atoms with Gasteiger partial charge in [0.15, 0.2) is 11.6 Å². The highest BCUT2D eigenvalue weighted by Crippen LogP contribution is 2.28. The molecule has 0 aliphatic rings. The van der Waals surface area contributed by atoms with Crippen molar-refractivity contribution in [3.8, 4) is 0 Å². The summed E-state index contributed by atoms with van der Waals surface area (Å²) in [6.45, 7) is 0. The normalized spacial score (nSPS) is 12.4. The number of hydrazine groups is 1. The largest absolute Gasteiger partial charge is 0.271 e. The Hall–Kier alpha value is -1.37. The lowest BCUT2D eigenvalue weighted by atomic mass is 10.0. The van der Waals surface area contributed by atoms with Crippen molar-refractivity contribution in [2.24, 2.45) is 5.84 Å². The predicted molar refractivity (Wildman–Crippen MR) is 67.5 cm³/mol. The summed E-state index contributed by atoms with van der Waals surface area (Å²) in [5.41, 5.74) is 3.04. The minimum Gasteiger partial charge on any atom is -0.271 e. The Morgan fingerprint density at radius 1 is 1.22 bits per heavy atom. The highest BCUT2D eigenvalue weighted by molar-refractivity contribution is 9.10. The molecule has 3 nitrogen and oxygen atoms in total. The van der Waals surface area contributed by atoms with Crippen molar-refractivity contribution in [3.05, 3.63) is 63.9 Å². The SMILES string of the molecule is NNC(c1cccc(F)c1F)c1ncccc1Br. The molecule has 1 atom stereocenters. The highest BCUT2D eigenvalue weighted by Gasteiger charge is 2.21. The molecule has 1 unspecified atom stereocenters. The Kier molecular flexibility index (Phi) is 4.00. The maximum absolute atomic E-state index is 13.7. The zero-order valence-corrected chi connectivity index (χ0v) is 10.8. The molecule has 0 aliphatic carbocycles. The monoisotopic (exact) mass is 313 g/mol. The summed E-state index contributed by atoms with van der Waals surface area (Å²) in [5, 5.41) is 0. The maximum Gasteiger partial charge on any atom is 0.164 e. The number of nitrogens with one attached hydrogen (secondary N) is 1. The van der Waals surface area contributed by atoms with E-state index in [0.717, 1.165) is 6.07 Å². The number of benzene rings is 1. The predicted octanol–water partition coefficient (Wildman–Crippen LogP) is 2.68. The molecule has 1 aromatic heterocycles. The third-order valence-electron chi connectivity index (χ3n) is 2.52. The maximum atomic E-state index is 13.7. The molecule has 1 aromatic carbocycles. The molecule has 0 fully saturated rings. The fourth-order valence-corrected chi connectivity index (χ4v) is 2.15. The van der Waals surface area contributed by atoms with Crippen LogP contribution < -0.4 is 11.3 Å². The molecule has 18 heavy (non-hydrogen) atoms. The second kappa shape index (κ2) is 5.51. The number of rotatable bonds is 3. The van der Waals surface area contributed by atoms with Crippen LogP contribution in [-0.4, -0.2) is 4.98 Å². The fourth-order valence-electron chi connectivity index (χ4n) is 1.67. The van der Waals surface area contributed by atoms with E-state index in [1.807, 2.05) is 0 Å². The molecule has 0 saturated carbocycles. The smallest absolute Gasteiger partial charge is 0.164 e. The van der Waals surface area contributed by atoms with Gasteiger partial charge in [0.1, 0.15) is 0 Å². The van der Waals surface area contributed by atoms with Crippen LogP contribution in [0.5, 0.6) is 0 Å². The lowest BCUT2D eigenvalue weighted by Gasteiger charge is -2.17. The Morgan fingerprint density at radius 2 is 2.00 bits per heavy atom. The number of halogens is 3. The first-order valence-corrected chi connectivity index (χ1v) is 5.95. The first kappa shape index (κ1) is 13.1. The van der Waals surface area contributed by atoms with Gasteiger partial charge in [-0.15, -0.1) is 0 Å². The Labute approximate surface area is 111 Å². The fraction of sp³-hybridized carbons (Fsp3) is 0.0833. The van der Waals surface area contributed by atoms with Crippen LogP contribution in [0.2, 0.25) is 0 Å². The van der Waals surface area contributed by atoms with Gasteiger partial charge in [-0.2, -0.15) is 0 Å². The molecular weight excluding hydrogens is 304 g/mol. The van der Waals surface area contributed by atoms with Crippen molar-refractivity contribution < 1.29 is 8.78 Å². The topological polar surface area (TPSA) is 50.9 Å². The number of pyridine rings is 1. The van der Waals surface area contributed by atoms with Crippen LogP contribution in [0.15, 0.2) is 41.0 Å². The van der Waals surface area contributed by atoms with E-state index >= 15 is 0 Å². The molecule has 6 heteroatoms. The average molecular weight is 314 g/mol. The van der Waals surface area contributed by atoms with Crippen LogP contribution in [0.4, 0.5) is 8.78 Å². The minimum absolute atomic E-state index is 0.108. The van der Waals surface area contributed by atoms with Gasteiger partial charge in [-0.1, -0.05) is 12.1 Å². The van der Waals surface area contributed by atoms with Gasteiger partial charge in [0.25, 0.3) is 0 Å². The van der Waals surface area contributed by atoms with E-state index in [2.05, 4.69) is 26.3 Å². The summed E-state index contributed by atoms with van der Waals surface area (Å²) in [6, 6.07) is 6.70. The highest BCUT2D eigenvalue weighted by atomic mass is 79.9. The molecule has 1 heterocycles. The Bertz CT molecular complexity index is 563. The van der Waals surface area contributed by atoms with Gasteiger partial charge in [0.2, 0.25) is 0 Å². The summed E-state index contributed by atoms with van der Waals surface area (Å²) in [4.78, 5) is 4.12. The first-order chi connectivity index (χ1) is 8.65. The minimum atomic E-state index is -0.932. The van der Waals surface area contributed by atoms with Gasteiger partial charge in [-0.05, 0) is 34.1 Å². The van der Waals surface area contributed by atoms with E-state index in [-0.39, 0.29) is 5.56 Å². The van der Waals surface area contributed by atoms with E-state index < -0.39 is 17.7 Å². The quantitative estimate of drug-likeness (QED) is 0.676. The van der Waals surface area contributed by atoms with E-state index in [4.69, 9.17) is 5.84 Å². The second-order valence-corrected chi connectivity index (χ2v) is 4.47. The van der Waals surface area contributed by atoms with Gasteiger partial charge in [-0.25, -0.2) is 14.2 Å². The van der Waals surface area contributed by atoms with Gasteiger partial charge in [-0.3, -0.25) is 10.8 Å². The van der Waals surface area contributed by atoms with E-state index in [1.165, 1.54) is 12.1 Å². The number of hydrogen-bond acceptors (Lipinski definition) is 3. The van der Waals surface area contributed by atoms with Crippen molar-refractivity contribution in [1.82, 2.24) is 10.4 Å². The van der Waals surface area contributed by atoms with Gasteiger partial charge in [0, 0.05) is 16.2 Å². The third-order valence-corrected chi connectivity index (χ3v) is 3.19. The van der Waals surface area contributed by atoms with Gasteiger partial charge >= 0.3 is 0 Å². The van der Waals surface area contributed by atoms with Crippen molar-refractivity contribution in [2.45, 2.75) is 6.04 Å². The molecule has 0 spiro atoms. The summed E-state index contributed by atoms with van der Waals surface area (Å²) in [6.07, 6.45) is 1.56. The lowest BCUT2D eigenvalue weighted by Crippen LogP contribution is -2.30. The third kappa shape index (κ3) is 2.40. The van der Waals surface area contributed by atoms with Crippen LogP contribution in [0.3, 0.4) is 0 Å². The molecule has 94 valence electrons. The molecule has 0 saturated heterocycles. The zero-order chi connectivity index (χ0) is 13.1. The Morgan fingerprint density at radius 3 is 2.67 bits per heavy atom. The van der Waals surface area contributed by atoms with Crippen LogP contribution in [-0.2, 0) is 0 Å². The number of nitrogens with zero attached hydrogens (tertiary/aromatic N) is 1. The molecule has 0 amide bonds.